The van der Waals surface area contributed by atoms with E-state index in [2.05, 4.69) is 5.32 Å². The lowest BCUT2D eigenvalue weighted by atomic mass is 9.96. The van der Waals surface area contributed by atoms with Crippen LogP contribution in [-0.4, -0.2) is 73.8 Å². The molecule has 226 valence electrons. The van der Waals surface area contributed by atoms with Crippen LogP contribution < -0.4 is 15.8 Å². The van der Waals surface area contributed by atoms with E-state index in [1.807, 2.05) is 43.0 Å². The number of nitrogens with one attached hydrogen (secondary N) is 1. The average molecular weight is 575 g/mol. The molecule has 1 aliphatic heterocycles. The summed E-state index contributed by atoms with van der Waals surface area (Å²) in [6.45, 7) is 6.95. The molecule has 1 saturated heterocycles. The molecule has 3 N–H and O–H groups in total. The maximum Gasteiger partial charge on any atom is 0.410 e. The number of benzene rings is 2. The van der Waals surface area contributed by atoms with Crippen LogP contribution in [0.1, 0.15) is 50.7 Å². The normalized spacial score (nSPS) is 16.6. The van der Waals surface area contributed by atoms with Gasteiger partial charge in [-0.3, -0.25) is 4.79 Å². The first-order chi connectivity index (χ1) is 19.7. The molecule has 1 aliphatic rings. The topological polar surface area (TPSA) is 97.1 Å². The van der Waals surface area contributed by atoms with Crippen LogP contribution in [0.3, 0.4) is 0 Å². The van der Waals surface area contributed by atoms with Gasteiger partial charge in [0.1, 0.15) is 23.5 Å². The minimum Gasteiger partial charge on any atom is -0.497 e. The number of nitrogens with zero attached hydrogens (tertiary/aromatic N) is 2. The lowest BCUT2D eigenvalue weighted by Gasteiger charge is -2.35. The van der Waals surface area contributed by atoms with E-state index in [-0.39, 0.29) is 31.3 Å². The van der Waals surface area contributed by atoms with Crippen LogP contribution in [0.2, 0.25) is 0 Å². The first-order valence-electron chi connectivity index (χ1n) is 14.5. The van der Waals surface area contributed by atoms with Crippen molar-refractivity contribution in [1.82, 2.24) is 15.1 Å². The van der Waals surface area contributed by atoms with Crippen molar-refractivity contribution in [3.8, 4) is 5.75 Å². The Bertz CT molecular complexity index is 1110. The van der Waals surface area contributed by atoms with Crippen molar-refractivity contribution in [2.45, 2.75) is 64.6 Å². The number of nitrogens with two attached hydrogens (primary N) is 1. The van der Waals surface area contributed by atoms with Gasteiger partial charge in [-0.05, 0) is 67.5 Å². The van der Waals surface area contributed by atoms with Gasteiger partial charge in [-0.2, -0.15) is 0 Å². The number of hydrogen-bond acceptors (Lipinski definition) is 6. The predicted octanol–water partition coefficient (Wildman–Crippen LogP) is 4.50. The number of hydrogen-bond donors (Lipinski definition) is 2. The van der Waals surface area contributed by atoms with Crippen molar-refractivity contribution in [1.29, 1.82) is 0 Å². The molecule has 3 rings (SSSR count). The summed E-state index contributed by atoms with van der Waals surface area (Å²) in [5, 5.41) is 3.28. The van der Waals surface area contributed by atoms with E-state index >= 15 is 0 Å². The van der Waals surface area contributed by atoms with E-state index in [1.165, 1.54) is 12.1 Å². The molecule has 2 aromatic carbocycles. The summed E-state index contributed by atoms with van der Waals surface area (Å²) in [7, 11) is 1.60. The third kappa shape index (κ3) is 9.97. The Kier molecular flexibility index (Phi) is 12.8. The molecule has 2 amide bonds. The van der Waals surface area contributed by atoms with Gasteiger partial charge in [0.15, 0.2) is 0 Å². The Morgan fingerprint density at radius 3 is 2.46 bits per heavy atom. The van der Waals surface area contributed by atoms with Gasteiger partial charge in [0.2, 0.25) is 5.91 Å². The molecular weight excluding hydrogens is 530 g/mol. The SMILES string of the molecule is CCCN(CCC)C(=O)C1CCCN(C(=O)OC(CNCc2cccc(OC)c2)C(N)Cc2cc(F)cc(F)c2)C1. The van der Waals surface area contributed by atoms with Gasteiger partial charge >= 0.3 is 6.09 Å². The highest BCUT2D eigenvalue weighted by Gasteiger charge is 2.33. The number of likely N-dealkylation sites (tertiary alicyclic amines) is 1. The fourth-order valence-corrected chi connectivity index (χ4v) is 5.23. The van der Waals surface area contributed by atoms with E-state index in [4.69, 9.17) is 15.2 Å². The molecule has 0 aliphatic carbocycles. The lowest BCUT2D eigenvalue weighted by Crippen LogP contribution is -2.51. The second-order valence-electron chi connectivity index (χ2n) is 10.7. The molecule has 8 nitrogen and oxygen atoms in total. The van der Waals surface area contributed by atoms with Crippen molar-refractivity contribution in [3.63, 3.8) is 0 Å². The van der Waals surface area contributed by atoms with Crippen LogP contribution in [0.25, 0.3) is 0 Å². The van der Waals surface area contributed by atoms with Crippen molar-refractivity contribution < 1.29 is 27.8 Å². The van der Waals surface area contributed by atoms with Crippen molar-refractivity contribution in [2.75, 3.05) is 39.8 Å². The Morgan fingerprint density at radius 2 is 1.80 bits per heavy atom. The monoisotopic (exact) mass is 574 g/mol. The van der Waals surface area contributed by atoms with E-state index in [0.29, 0.717) is 38.2 Å². The molecule has 0 bridgehead atoms. The Labute approximate surface area is 242 Å². The summed E-state index contributed by atoms with van der Waals surface area (Å²) in [4.78, 5) is 30.0. The maximum atomic E-state index is 13.8. The minimum absolute atomic E-state index is 0.0764. The molecule has 0 saturated carbocycles. The summed E-state index contributed by atoms with van der Waals surface area (Å²) < 4.78 is 38.8. The van der Waals surface area contributed by atoms with Crippen LogP contribution in [0.15, 0.2) is 42.5 Å². The molecule has 1 heterocycles. The van der Waals surface area contributed by atoms with Gasteiger partial charge in [-0.1, -0.05) is 26.0 Å². The second kappa shape index (κ2) is 16.3. The van der Waals surface area contributed by atoms with Gasteiger partial charge in [-0.15, -0.1) is 0 Å². The molecule has 0 radical (unpaired) electrons. The van der Waals surface area contributed by atoms with Gasteiger partial charge in [0.25, 0.3) is 0 Å². The third-order valence-corrected chi connectivity index (χ3v) is 7.26. The van der Waals surface area contributed by atoms with Crippen LogP contribution in [-0.2, 0) is 22.5 Å². The first-order valence-corrected chi connectivity index (χ1v) is 14.5. The number of methoxy groups -OCH3 is 1. The van der Waals surface area contributed by atoms with Crippen LogP contribution in [0, 0.1) is 17.6 Å². The highest BCUT2D eigenvalue weighted by molar-refractivity contribution is 5.80. The van der Waals surface area contributed by atoms with E-state index in [0.717, 1.165) is 36.6 Å². The maximum absolute atomic E-state index is 13.8. The molecule has 10 heteroatoms. The fraction of sp³-hybridized carbons (Fsp3) is 0.548. The van der Waals surface area contributed by atoms with Crippen molar-refractivity contribution >= 4 is 12.0 Å². The summed E-state index contributed by atoms with van der Waals surface area (Å²) in [5.41, 5.74) is 7.82. The number of amides is 2. The standard InChI is InChI=1S/C31H44F2N4O4/c1-4-11-36(12-5-2)30(38)24-9-7-13-37(21-24)31(39)41-29(20-35-19-22-8-6-10-27(16-22)40-3)28(34)17-23-14-25(32)18-26(33)15-23/h6,8,10,14-16,18,24,28-29,35H,4-5,7,9,11-13,17,19-21,34H2,1-3H3. The summed E-state index contributed by atoms with van der Waals surface area (Å²) >= 11 is 0. The van der Waals surface area contributed by atoms with Gasteiger partial charge in [0.05, 0.1) is 13.0 Å². The number of halogens is 2. The first kappa shape index (κ1) is 32.3. The number of piperidine rings is 1. The highest BCUT2D eigenvalue weighted by atomic mass is 19.1. The summed E-state index contributed by atoms with van der Waals surface area (Å²) in [5.74, 6) is -0.861. The second-order valence-corrected chi connectivity index (χ2v) is 10.7. The molecule has 3 unspecified atom stereocenters. The summed E-state index contributed by atoms with van der Waals surface area (Å²) in [6.07, 6.45) is 1.95. The zero-order valence-electron chi connectivity index (χ0n) is 24.4. The smallest absolute Gasteiger partial charge is 0.410 e. The predicted molar refractivity (Wildman–Crippen MR) is 154 cm³/mol. The van der Waals surface area contributed by atoms with E-state index in [1.54, 1.807) is 12.0 Å². The Morgan fingerprint density at radius 1 is 1.10 bits per heavy atom. The van der Waals surface area contributed by atoms with Gasteiger partial charge in [0, 0.05) is 51.4 Å². The molecule has 2 aromatic rings. The fourth-order valence-electron chi connectivity index (χ4n) is 5.23. The molecule has 3 atom stereocenters. The van der Waals surface area contributed by atoms with Crippen LogP contribution in [0.4, 0.5) is 13.6 Å². The van der Waals surface area contributed by atoms with Crippen molar-refractivity contribution in [2.24, 2.45) is 11.7 Å². The summed E-state index contributed by atoms with van der Waals surface area (Å²) in [6, 6.07) is 10.1. The quantitative estimate of drug-likeness (QED) is 0.345. The van der Waals surface area contributed by atoms with Crippen molar-refractivity contribution in [3.05, 3.63) is 65.2 Å². The number of ether oxygens (including phenoxy) is 2. The van der Waals surface area contributed by atoms with Crippen LogP contribution >= 0.6 is 0 Å². The third-order valence-electron chi connectivity index (χ3n) is 7.26. The zero-order valence-corrected chi connectivity index (χ0v) is 24.4. The minimum atomic E-state index is -0.785. The Balaban J connectivity index is 1.69. The molecule has 0 spiro atoms. The molecule has 41 heavy (non-hydrogen) atoms. The van der Waals surface area contributed by atoms with E-state index < -0.39 is 29.9 Å². The average Bonchev–Trinajstić information content (AvgIpc) is 2.95. The van der Waals surface area contributed by atoms with Gasteiger partial charge < -0.3 is 30.3 Å². The number of carbonyl (C=O) groups is 2. The lowest BCUT2D eigenvalue weighted by molar-refractivity contribution is -0.137. The van der Waals surface area contributed by atoms with E-state index in [9.17, 15) is 18.4 Å². The number of carbonyl (C=O) groups excluding carboxylic acids is 2. The molecule has 1 fully saturated rings. The van der Waals surface area contributed by atoms with Gasteiger partial charge in [-0.25, -0.2) is 13.6 Å². The number of rotatable bonds is 14. The highest BCUT2D eigenvalue weighted by Crippen LogP contribution is 2.21. The Hall–Kier alpha value is -3.24. The largest absolute Gasteiger partial charge is 0.497 e. The van der Waals surface area contributed by atoms with Crippen LogP contribution in [0.5, 0.6) is 5.75 Å². The molecule has 0 aromatic heterocycles. The molecular formula is C31H44F2N4O4. The zero-order chi connectivity index (χ0) is 29.8.